The van der Waals surface area contributed by atoms with E-state index in [4.69, 9.17) is 16.3 Å². The van der Waals surface area contributed by atoms with E-state index in [0.29, 0.717) is 0 Å². The third-order valence-electron chi connectivity index (χ3n) is 4.45. The molecular formula is C18H21ClO. The maximum Gasteiger partial charge on any atom is 0.119 e. The lowest BCUT2D eigenvalue weighted by Crippen LogP contribution is -1.99. The normalized spacial score (nSPS) is 17.5. The summed E-state index contributed by atoms with van der Waals surface area (Å²) < 4.78 is 5.26. The van der Waals surface area contributed by atoms with Crippen LogP contribution in [0.5, 0.6) is 5.75 Å². The predicted molar refractivity (Wildman–Crippen MR) is 85.7 cm³/mol. The number of rotatable bonds is 4. The summed E-state index contributed by atoms with van der Waals surface area (Å²) >= 11 is 6.62. The maximum absolute atomic E-state index is 6.62. The molecule has 0 aliphatic heterocycles. The minimum atomic E-state index is 0.143. The Morgan fingerprint density at radius 1 is 1.10 bits per heavy atom. The number of ether oxygens (including phenoxy) is 1. The van der Waals surface area contributed by atoms with Crippen LogP contribution in [0.25, 0.3) is 10.8 Å². The Balaban J connectivity index is 1.80. The highest BCUT2D eigenvalue weighted by molar-refractivity contribution is 6.21. The summed E-state index contributed by atoms with van der Waals surface area (Å²) in [5, 5.41) is 2.59. The van der Waals surface area contributed by atoms with Crippen LogP contribution < -0.4 is 4.74 Å². The molecule has 1 atom stereocenters. The number of fused-ring (bicyclic) bond motifs is 1. The van der Waals surface area contributed by atoms with Crippen molar-refractivity contribution in [1.82, 2.24) is 0 Å². The van der Waals surface area contributed by atoms with E-state index in [0.717, 1.165) is 18.1 Å². The van der Waals surface area contributed by atoms with E-state index >= 15 is 0 Å². The van der Waals surface area contributed by atoms with E-state index in [1.807, 2.05) is 6.07 Å². The molecule has 0 heterocycles. The lowest BCUT2D eigenvalue weighted by Gasteiger charge is -2.15. The highest BCUT2D eigenvalue weighted by atomic mass is 35.5. The van der Waals surface area contributed by atoms with Crippen LogP contribution in [0.4, 0.5) is 0 Å². The first-order chi connectivity index (χ1) is 9.76. The molecule has 1 nitrogen and oxygen atoms in total. The smallest absolute Gasteiger partial charge is 0.119 e. The van der Waals surface area contributed by atoms with Gasteiger partial charge >= 0.3 is 0 Å². The fourth-order valence-electron chi connectivity index (χ4n) is 3.24. The molecule has 0 saturated heterocycles. The molecule has 0 bridgehead atoms. The predicted octanol–water partition coefficient (Wildman–Crippen LogP) is 5.71. The summed E-state index contributed by atoms with van der Waals surface area (Å²) in [4.78, 5) is 0. The van der Waals surface area contributed by atoms with Gasteiger partial charge in [0.2, 0.25) is 0 Å². The van der Waals surface area contributed by atoms with E-state index in [1.165, 1.54) is 42.0 Å². The zero-order chi connectivity index (χ0) is 13.9. The Labute approximate surface area is 125 Å². The van der Waals surface area contributed by atoms with Crippen LogP contribution in [0.2, 0.25) is 0 Å². The Kier molecular flexibility index (Phi) is 4.16. The van der Waals surface area contributed by atoms with Crippen molar-refractivity contribution in [3.63, 3.8) is 0 Å². The lowest BCUT2D eigenvalue weighted by molar-refractivity contribution is 0.415. The largest absolute Gasteiger partial charge is 0.497 e. The standard InChI is InChI=1S/C18H21ClO/c1-20-17-9-8-14-11-16(7-6-15(14)12-17)18(19)10-13-4-2-3-5-13/h6-9,11-13,18H,2-5,10H2,1H3. The van der Waals surface area contributed by atoms with Crippen LogP contribution in [0.1, 0.15) is 43.0 Å². The fraction of sp³-hybridized carbons (Fsp3) is 0.444. The summed E-state index contributed by atoms with van der Waals surface area (Å²) in [7, 11) is 1.70. The highest BCUT2D eigenvalue weighted by Crippen LogP contribution is 2.37. The average molecular weight is 289 g/mol. The van der Waals surface area contributed by atoms with Gasteiger partial charge in [-0.3, -0.25) is 0 Å². The van der Waals surface area contributed by atoms with E-state index in [1.54, 1.807) is 7.11 Å². The van der Waals surface area contributed by atoms with Crippen molar-refractivity contribution in [2.24, 2.45) is 5.92 Å². The minimum absolute atomic E-state index is 0.143. The van der Waals surface area contributed by atoms with Crippen LogP contribution >= 0.6 is 11.6 Å². The first-order valence-electron chi connectivity index (χ1n) is 7.48. The number of hydrogen-bond acceptors (Lipinski definition) is 1. The zero-order valence-corrected chi connectivity index (χ0v) is 12.7. The fourth-order valence-corrected chi connectivity index (χ4v) is 3.63. The Morgan fingerprint density at radius 2 is 1.80 bits per heavy atom. The number of alkyl halides is 1. The molecule has 2 aromatic rings. The van der Waals surface area contributed by atoms with Gasteiger partial charge in [0.05, 0.1) is 12.5 Å². The molecule has 20 heavy (non-hydrogen) atoms. The molecule has 0 amide bonds. The minimum Gasteiger partial charge on any atom is -0.497 e. The number of methoxy groups -OCH3 is 1. The summed E-state index contributed by atoms with van der Waals surface area (Å²) in [6, 6.07) is 12.7. The molecule has 2 aromatic carbocycles. The third-order valence-corrected chi connectivity index (χ3v) is 4.88. The van der Waals surface area contributed by atoms with E-state index in [-0.39, 0.29) is 5.38 Å². The van der Waals surface area contributed by atoms with Gasteiger partial charge in [-0.1, -0.05) is 43.9 Å². The zero-order valence-electron chi connectivity index (χ0n) is 11.9. The van der Waals surface area contributed by atoms with E-state index in [9.17, 15) is 0 Å². The lowest BCUT2D eigenvalue weighted by atomic mass is 9.96. The van der Waals surface area contributed by atoms with Gasteiger partial charge in [-0.15, -0.1) is 11.6 Å². The van der Waals surface area contributed by atoms with Gasteiger partial charge in [-0.05, 0) is 46.9 Å². The van der Waals surface area contributed by atoms with Gasteiger partial charge in [-0.25, -0.2) is 0 Å². The molecule has 3 rings (SSSR count). The van der Waals surface area contributed by atoms with Crippen LogP contribution in [0, 0.1) is 5.92 Å². The Bertz CT molecular complexity index is 587. The van der Waals surface area contributed by atoms with Crippen molar-refractivity contribution in [3.8, 4) is 5.75 Å². The summed E-state index contributed by atoms with van der Waals surface area (Å²) in [5.41, 5.74) is 1.25. The second-order valence-corrected chi connectivity index (χ2v) is 6.35. The van der Waals surface area contributed by atoms with Gasteiger partial charge in [0.25, 0.3) is 0 Å². The SMILES string of the molecule is COc1ccc2cc(C(Cl)CC3CCCC3)ccc2c1. The van der Waals surface area contributed by atoms with Gasteiger partial charge in [0.15, 0.2) is 0 Å². The molecule has 2 heteroatoms. The summed E-state index contributed by atoms with van der Waals surface area (Å²) in [6.07, 6.45) is 6.59. The van der Waals surface area contributed by atoms with Crippen molar-refractivity contribution in [2.45, 2.75) is 37.5 Å². The maximum atomic E-state index is 6.62. The molecule has 1 aliphatic carbocycles. The van der Waals surface area contributed by atoms with Crippen LogP contribution in [0.3, 0.4) is 0 Å². The van der Waals surface area contributed by atoms with Crippen molar-refractivity contribution in [3.05, 3.63) is 42.0 Å². The van der Waals surface area contributed by atoms with Crippen molar-refractivity contribution in [1.29, 1.82) is 0 Å². The quantitative estimate of drug-likeness (QED) is 0.655. The van der Waals surface area contributed by atoms with E-state index < -0.39 is 0 Å². The first kappa shape index (κ1) is 13.8. The van der Waals surface area contributed by atoms with Gasteiger partial charge in [0.1, 0.15) is 5.75 Å². The first-order valence-corrected chi connectivity index (χ1v) is 7.91. The summed E-state index contributed by atoms with van der Waals surface area (Å²) in [5.74, 6) is 1.72. The Hall–Kier alpha value is -1.21. The highest BCUT2D eigenvalue weighted by Gasteiger charge is 2.20. The number of halogens is 1. The van der Waals surface area contributed by atoms with Crippen LogP contribution in [-0.4, -0.2) is 7.11 Å². The molecule has 1 fully saturated rings. The number of benzene rings is 2. The molecule has 0 N–H and O–H groups in total. The molecule has 106 valence electrons. The van der Waals surface area contributed by atoms with Crippen molar-refractivity contribution < 1.29 is 4.74 Å². The van der Waals surface area contributed by atoms with Crippen molar-refractivity contribution in [2.75, 3.05) is 7.11 Å². The molecule has 1 aliphatic rings. The van der Waals surface area contributed by atoms with Crippen LogP contribution in [-0.2, 0) is 0 Å². The molecule has 0 radical (unpaired) electrons. The molecule has 1 unspecified atom stereocenters. The summed E-state index contributed by atoms with van der Waals surface area (Å²) in [6.45, 7) is 0. The monoisotopic (exact) mass is 288 g/mol. The van der Waals surface area contributed by atoms with Crippen LogP contribution in [0.15, 0.2) is 36.4 Å². The second kappa shape index (κ2) is 6.05. The molecule has 0 aromatic heterocycles. The van der Waals surface area contributed by atoms with E-state index in [2.05, 4.69) is 30.3 Å². The number of hydrogen-bond donors (Lipinski definition) is 0. The molecular weight excluding hydrogens is 268 g/mol. The van der Waals surface area contributed by atoms with Crippen molar-refractivity contribution >= 4 is 22.4 Å². The third kappa shape index (κ3) is 2.93. The topological polar surface area (TPSA) is 9.23 Å². The van der Waals surface area contributed by atoms with Gasteiger partial charge < -0.3 is 4.74 Å². The Morgan fingerprint density at radius 3 is 2.55 bits per heavy atom. The van der Waals surface area contributed by atoms with Gasteiger partial charge in [0, 0.05) is 0 Å². The average Bonchev–Trinajstić information content (AvgIpc) is 2.99. The van der Waals surface area contributed by atoms with Gasteiger partial charge in [-0.2, -0.15) is 0 Å². The molecule has 0 spiro atoms. The molecule has 1 saturated carbocycles. The second-order valence-electron chi connectivity index (χ2n) is 5.83.